The Morgan fingerprint density at radius 2 is 2.06 bits per heavy atom. The molecule has 0 radical (unpaired) electrons. The van der Waals surface area contributed by atoms with Gasteiger partial charge in [-0.2, -0.15) is 0 Å². The van der Waals surface area contributed by atoms with Crippen molar-refractivity contribution in [1.29, 1.82) is 0 Å². The van der Waals surface area contributed by atoms with Crippen LogP contribution < -0.4 is 5.73 Å². The molecule has 1 aliphatic rings. The van der Waals surface area contributed by atoms with Crippen molar-refractivity contribution in [3.05, 3.63) is 34.9 Å². The van der Waals surface area contributed by atoms with Gasteiger partial charge in [-0.1, -0.05) is 43.5 Å². The molecule has 2 unspecified atom stereocenters. The Balaban J connectivity index is 2.10. The lowest BCUT2D eigenvalue weighted by atomic mass is 9.67. The molecule has 0 bridgehead atoms. The predicted octanol–water partition coefficient (Wildman–Crippen LogP) is 4.04. The molecular formula is C15H22ClN. The van der Waals surface area contributed by atoms with Gasteiger partial charge in [-0.15, -0.1) is 0 Å². The van der Waals surface area contributed by atoms with E-state index in [1.54, 1.807) is 0 Å². The van der Waals surface area contributed by atoms with Gasteiger partial charge in [0, 0.05) is 5.02 Å². The first kappa shape index (κ1) is 12.9. The van der Waals surface area contributed by atoms with E-state index in [1.807, 2.05) is 12.1 Å². The standard InChI is InChI=1S/C15H22ClN/c1-12-3-2-8-15(9-12,11-17)10-13-4-6-14(16)7-5-13/h4-7,12H,2-3,8-11,17H2,1H3. The van der Waals surface area contributed by atoms with Crippen molar-refractivity contribution < 1.29 is 0 Å². The Morgan fingerprint density at radius 1 is 1.35 bits per heavy atom. The Bertz CT molecular complexity index is 360. The Labute approximate surface area is 109 Å². The maximum Gasteiger partial charge on any atom is 0.0406 e. The fourth-order valence-electron chi connectivity index (χ4n) is 3.22. The van der Waals surface area contributed by atoms with E-state index in [9.17, 15) is 0 Å². The highest BCUT2D eigenvalue weighted by molar-refractivity contribution is 6.30. The second-order valence-electron chi connectivity index (χ2n) is 5.71. The van der Waals surface area contributed by atoms with E-state index in [0.29, 0.717) is 5.41 Å². The zero-order valence-electron chi connectivity index (χ0n) is 10.6. The minimum absolute atomic E-state index is 0.325. The Kier molecular flexibility index (Phi) is 4.11. The fourth-order valence-corrected chi connectivity index (χ4v) is 3.35. The van der Waals surface area contributed by atoms with Crippen molar-refractivity contribution in [2.24, 2.45) is 17.1 Å². The molecule has 0 aliphatic heterocycles. The summed E-state index contributed by atoms with van der Waals surface area (Å²) in [6.07, 6.45) is 6.34. The molecule has 0 aromatic heterocycles. The van der Waals surface area contributed by atoms with E-state index in [1.165, 1.54) is 31.2 Å². The van der Waals surface area contributed by atoms with E-state index in [0.717, 1.165) is 23.9 Å². The summed E-state index contributed by atoms with van der Waals surface area (Å²) in [6, 6.07) is 8.23. The Morgan fingerprint density at radius 3 is 2.65 bits per heavy atom. The van der Waals surface area contributed by atoms with E-state index in [4.69, 9.17) is 17.3 Å². The molecule has 0 saturated heterocycles. The average molecular weight is 252 g/mol. The highest BCUT2D eigenvalue weighted by Crippen LogP contribution is 2.41. The normalized spacial score (nSPS) is 29.2. The minimum Gasteiger partial charge on any atom is -0.330 e. The molecule has 2 atom stereocenters. The molecule has 2 rings (SSSR count). The first-order valence-corrected chi connectivity index (χ1v) is 6.96. The lowest BCUT2D eigenvalue weighted by Gasteiger charge is -2.39. The molecule has 1 aromatic rings. The summed E-state index contributed by atoms with van der Waals surface area (Å²) in [5.41, 5.74) is 7.75. The van der Waals surface area contributed by atoms with Gasteiger partial charge in [0.25, 0.3) is 0 Å². The topological polar surface area (TPSA) is 26.0 Å². The maximum atomic E-state index is 6.05. The number of rotatable bonds is 3. The molecule has 94 valence electrons. The van der Waals surface area contributed by atoms with Crippen molar-refractivity contribution in [2.75, 3.05) is 6.54 Å². The molecule has 2 heteroatoms. The van der Waals surface area contributed by atoms with Crippen LogP contribution in [-0.4, -0.2) is 6.54 Å². The highest BCUT2D eigenvalue weighted by atomic mass is 35.5. The largest absolute Gasteiger partial charge is 0.330 e. The van der Waals surface area contributed by atoms with Gasteiger partial charge in [-0.05, 0) is 54.8 Å². The van der Waals surface area contributed by atoms with Gasteiger partial charge in [0.2, 0.25) is 0 Å². The number of nitrogens with two attached hydrogens (primary N) is 1. The van der Waals surface area contributed by atoms with Crippen molar-refractivity contribution in [3.63, 3.8) is 0 Å². The summed E-state index contributed by atoms with van der Waals surface area (Å²) in [6.45, 7) is 3.16. The fraction of sp³-hybridized carbons (Fsp3) is 0.600. The van der Waals surface area contributed by atoms with Crippen LogP contribution in [0.3, 0.4) is 0 Å². The second-order valence-corrected chi connectivity index (χ2v) is 6.15. The summed E-state index contributed by atoms with van der Waals surface area (Å²) < 4.78 is 0. The van der Waals surface area contributed by atoms with Crippen LogP contribution in [0.25, 0.3) is 0 Å². The van der Waals surface area contributed by atoms with Crippen molar-refractivity contribution in [2.45, 2.75) is 39.0 Å². The van der Waals surface area contributed by atoms with Gasteiger partial charge >= 0.3 is 0 Å². The van der Waals surface area contributed by atoms with Crippen LogP contribution >= 0.6 is 11.6 Å². The van der Waals surface area contributed by atoms with E-state index in [-0.39, 0.29) is 0 Å². The third-order valence-electron chi connectivity index (χ3n) is 4.11. The van der Waals surface area contributed by atoms with Gasteiger partial charge in [0.15, 0.2) is 0 Å². The number of halogens is 1. The second kappa shape index (κ2) is 5.41. The van der Waals surface area contributed by atoms with Crippen molar-refractivity contribution >= 4 is 11.6 Å². The van der Waals surface area contributed by atoms with Gasteiger partial charge < -0.3 is 5.73 Å². The molecule has 1 aromatic carbocycles. The van der Waals surface area contributed by atoms with Crippen LogP contribution in [-0.2, 0) is 6.42 Å². The summed E-state index contributed by atoms with van der Waals surface area (Å²) in [5, 5.41) is 0.813. The van der Waals surface area contributed by atoms with Gasteiger partial charge in [0.1, 0.15) is 0 Å². The molecule has 0 heterocycles. The molecule has 1 nitrogen and oxygen atoms in total. The molecule has 1 aliphatic carbocycles. The highest BCUT2D eigenvalue weighted by Gasteiger charge is 2.33. The van der Waals surface area contributed by atoms with Gasteiger partial charge in [0.05, 0.1) is 0 Å². The lowest BCUT2D eigenvalue weighted by Crippen LogP contribution is -2.37. The maximum absolute atomic E-state index is 6.05. The Hall–Kier alpha value is -0.530. The quantitative estimate of drug-likeness (QED) is 0.862. The molecule has 0 spiro atoms. The van der Waals surface area contributed by atoms with Crippen LogP contribution in [0.15, 0.2) is 24.3 Å². The number of hydrogen-bond donors (Lipinski definition) is 1. The summed E-state index contributed by atoms with van der Waals surface area (Å²) in [5.74, 6) is 0.819. The van der Waals surface area contributed by atoms with E-state index in [2.05, 4.69) is 19.1 Å². The number of benzene rings is 1. The molecule has 0 amide bonds. The predicted molar refractivity (Wildman–Crippen MR) is 74.3 cm³/mol. The van der Waals surface area contributed by atoms with Crippen LogP contribution in [0, 0.1) is 11.3 Å². The summed E-state index contributed by atoms with van der Waals surface area (Å²) in [4.78, 5) is 0. The molecular weight excluding hydrogens is 230 g/mol. The van der Waals surface area contributed by atoms with Crippen LogP contribution in [0.1, 0.15) is 38.2 Å². The zero-order valence-corrected chi connectivity index (χ0v) is 11.3. The van der Waals surface area contributed by atoms with Crippen LogP contribution in [0.5, 0.6) is 0 Å². The SMILES string of the molecule is CC1CCCC(CN)(Cc2ccc(Cl)cc2)C1. The molecule has 1 fully saturated rings. The number of hydrogen-bond acceptors (Lipinski definition) is 1. The zero-order chi connectivity index (χ0) is 12.3. The molecule has 17 heavy (non-hydrogen) atoms. The average Bonchev–Trinajstić information content (AvgIpc) is 2.32. The first-order valence-electron chi connectivity index (χ1n) is 6.58. The van der Waals surface area contributed by atoms with Crippen LogP contribution in [0.2, 0.25) is 5.02 Å². The van der Waals surface area contributed by atoms with Gasteiger partial charge in [-0.3, -0.25) is 0 Å². The summed E-state index contributed by atoms with van der Waals surface area (Å²) in [7, 11) is 0. The minimum atomic E-state index is 0.325. The van der Waals surface area contributed by atoms with E-state index >= 15 is 0 Å². The van der Waals surface area contributed by atoms with Crippen molar-refractivity contribution in [3.8, 4) is 0 Å². The lowest BCUT2D eigenvalue weighted by molar-refractivity contribution is 0.154. The molecule has 1 saturated carbocycles. The molecule has 2 N–H and O–H groups in total. The summed E-state index contributed by atoms with van der Waals surface area (Å²) >= 11 is 5.92. The first-order chi connectivity index (χ1) is 8.13. The van der Waals surface area contributed by atoms with Crippen molar-refractivity contribution in [1.82, 2.24) is 0 Å². The van der Waals surface area contributed by atoms with Gasteiger partial charge in [-0.25, -0.2) is 0 Å². The smallest absolute Gasteiger partial charge is 0.0406 e. The monoisotopic (exact) mass is 251 g/mol. The third kappa shape index (κ3) is 3.23. The third-order valence-corrected chi connectivity index (χ3v) is 4.36. The van der Waals surface area contributed by atoms with Crippen LogP contribution in [0.4, 0.5) is 0 Å². The van der Waals surface area contributed by atoms with E-state index < -0.39 is 0 Å².